The Morgan fingerprint density at radius 1 is 1.28 bits per heavy atom. The van der Waals surface area contributed by atoms with Gasteiger partial charge in [0.1, 0.15) is 11.6 Å². The van der Waals surface area contributed by atoms with Gasteiger partial charge in [-0.25, -0.2) is 8.78 Å². The molecular formula is C13H12ClF2NS. The first-order valence-corrected chi connectivity index (χ1v) is 6.68. The van der Waals surface area contributed by atoms with Gasteiger partial charge in [0.2, 0.25) is 0 Å². The lowest BCUT2D eigenvalue weighted by atomic mass is 10.1. The molecule has 0 aliphatic heterocycles. The smallest absolute Gasteiger partial charge is 0.128 e. The van der Waals surface area contributed by atoms with Gasteiger partial charge in [0.25, 0.3) is 0 Å². The highest BCUT2D eigenvalue weighted by Crippen LogP contribution is 2.23. The molecule has 0 bridgehead atoms. The Kier molecular flexibility index (Phi) is 4.32. The summed E-state index contributed by atoms with van der Waals surface area (Å²) in [7, 11) is 0. The topological polar surface area (TPSA) is 12.0 Å². The Labute approximate surface area is 113 Å². The molecule has 0 amide bonds. The fourth-order valence-corrected chi connectivity index (χ4v) is 2.70. The van der Waals surface area contributed by atoms with Crippen molar-refractivity contribution in [1.82, 2.24) is 5.32 Å². The van der Waals surface area contributed by atoms with Crippen molar-refractivity contribution in [3.8, 4) is 0 Å². The van der Waals surface area contributed by atoms with Crippen LogP contribution >= 0.6 is 22.9 Å². The third-order valence-electron chi connectivity index (χ3n) is 2.64. The predicted molar refractivity (Wildman–Crippen MR) is 70.9 cm³/mol. The average molecular weight is 288 g/mol. The van der Waals surface area contributed by atoms with Crippen LogP contribution in [0.4, 0.5) is 8.78 Å². The van der Waals surface area contributed by atoms with Crippen LogP contribution in [0.5, 0.6) is 0 Å². The highest BCUT2D eigenvalue weighted by atomic mass is 35.5. The monoisotopic (exact) mass is 287 g/mol. The van der Waals surface area contributed by atoms with Gasteiger partial charge in [0.05, 0.1) is 4.34 Å². The van der Waals surface area contributed by atoms with Crippen LogP contribution in [0.15, 0.2) is 30.3 Å². The number of halogens is 3. The number of thiophene rings is 1. The van der Waals surface area contributed by atoms with Gasteiger partial charge in [0, 0.05) is 23.0 Å². The van der Waals surface area contributed by atoms with Crippen LogP contribution in [0, 0.1) is 11.6 Å². The maximum atomic E-state index is 13.5. The van der Waals surface area contributed by atoms with Crippen LogP contribution in [0.3, 0.4) is 0 Å². The average Bonchev–Trinajstić information content (AvgIpc) is 2.75. The zero-order valence-corrected chi connectivity index (χ0v) is 11.3. The summed E-state index contributed by atoms with van der Waals surface area (Å²) in [6.07, 6.45) is 0. The normalized spacial score (nSPS) is 12.7. The fraction of sp³-hybridized carbons (Fsp3) is 0.231. The maximum absolute atomic E-state index is 13.5. The Morgan fingerprint density at radius 3 is 2.72 bits per heavy atom. The summed E-state index contributed by atoms with van der Waals surface area (Å²) in [4.78, 5) is 1.06. The molecule has 0 radical (unpaired) electrons. The van der Waals surface area contributed by atoms with E-state index in [-0.39, 0.29) is 6.04 Å². The van der Waals surface area contributed by atoms with Crippen LogP contribution in [0.1, 0.15) is 23.4 Å². The van der Waals surface area contributed by atoms with E-state index in [1.54, 1.807) is 6.92 Å². The summed E-state index contributed by atoms with van der Waals surface area (Å²) in [6, 6.07) is 6.94. The Balaban J connectivity index is 2.03. The zero-order valence-electron chi connectivity index (χ0n) is 9.71. The standard InChI is InChI=1S/C13H12ClF2NS/c1-8(11-6-9(15)2-4-12(11)16)17-7-10-3-5-13(14)18-10/h2-6,8,17H,7H2,1H3. The Hall–Kier alpha value is -0.970. The molecule has 0 fully saturated rings. The highest BCUT2D eigenvalue weighted by molar-refractivity contribution is 7.16. The molecule has 1 aromatic heterocycles. The molecular weight excluding hydrogens is 276 g/mol. The molecule has 2 aromatic rings. The van der Waals surface area contributed by atoms with Gasteiger partial charge in [-0.15, -0.1) is 11.3 Å². The molecule has 0 spiro atoms. The molecule has 0 aliphatic rings. The minimum Gasteiger partial charge on any atom is -0.305 e. The van der Waals surface area contributed by atoms with Gasteiger partial charge in [-0.3, -0.25) is 0 Å². The van der Waals surface area contributed by atoms with Crippen molar-refractivity contribution in [3.63, 3.8) is 0 Å². The summed E-state index contributed by atoms with van der Waals surface area (Å²) in [5.74, 6) is -0.833. The van der Waals surface area contributed by atoms with E-state index in [0.717, 1.165) is 21.3 Å². The van der Waals surface area contributed by atoms with Gasteiger partial charge in [-0.2, -0.15) is 0 Å². The van der Waals surface area contributed by atoms with Crippen molar-refractivity contribution < 1.29 is 8.78 Å². The van der Waals surface area contributed by atoms with Crippen molar-refractivity contribution in [2.24, 2.45) is 0 Å². The lowest BCUT2D eigenvalue weighted by molar-refractivity contribution is 0.520. The van der Waals surface area contributed by atoms with Crippen molar-refractivity contribution in [3.05, 3.63) is 56.7 Å². The first-order valence-electron chi connectivity index (χ1n) is 5.49. The largest absolute Gasteiger partial charge is 0.305 e. The molecule has 1 N–H and O–H groups in total. The van der Waals surface area contributed by atoms with E-state index in [2.05, 4.69) is 5.32 Å². The zero-order chi connectivity index (χ0) is 13.1. The second-order valence-corrected chi connectivity index (χ2v) is 5.77. The molecule has 0 saturated carbocycles. The van der Waals surface area contributed by atoms with Crippen molar-refractivity contribution in [2.75, 3.05) is 0 Å². The van der Waals surface area contributed by atoms with Crippen LogP contribution in [0.2, 0.25) is 4.34 Å². The first kappa shape index (κ1) is 13.5. The van der Waals surface area contributed by atoms with E-state index in [9.17, 15) is 8.78 Å². The molecule has 1 nitrogen and oxygen atoms in total. The van der Waals surface area contributed by atoms with Gasteiger partial charge in [-0.1, -0.05) is 11.6 Å². The Morgan fingerprint density at radius 2 is 2.06 bits per heavy atom. The minimum absolute atomic E-state index is 0.262. The van der Waals surface area contributed by atoms with Crippen molar-refractivity contribution in [2.45, 2.75) is 19.5 Å². The molecule has 1 heterocycles. The molecule has 1 aromatic carbocycles. The summed E-state index contributed by atoms with van der Waals surface area (Å²) in [6.45, 7) is 2.38. The maximum Gasteiger partial charge on any atom is 0.128 e. The van der Waals surface area contributed by atoms with E-state index in [4.69, 9.17) is 11.6 Å². The summed E-state index contributed by atoms with van der Waals surface area (Å²) in [5.41, 5.74) is 0.331. The van der Waals surface area contributed by atoms with E-state index >= 15 is 0 Å². The van der Waals surface area contributed by atoms with Gasteiger partial charge in [0.15, 0.2) is 0 Å². The van der Waals surface area contributed by atoms with E-state index < -0.39 is 11.6 Å². The van der Waals surface area contributed by atoms with E-state index in [1.807, 2.05) is 12.1 Å². The first-order chi connectivity index (χ1) is 8.56. The van der Waals surface area contributed by atoms with Crippen molar-refractivity contribution >= 4 is 22.9 Å². The molecule has 18 heavy (non-hydrogen) atoms. The third-order valence-corrected chi connectivity index (χ3v) is 3.87. The number of hydrogen-bond acceptors (Lipinski definition) is 2. The summed E-state index contributed by atoms with van der Waals surface area (Å²) in [5, 5.41) is 3.14. The molecule has 5 heteroatoms. The molecule has 96 valence electrons. The molecule has 1 unspecified atom stereocenters. The lowest BCUT2D eigenvalue weighted by Crippen LogP contribution is -2.18. The number of nitrogens with one attached hydrogen (secondary N) is 1. The second kappa shape index (κ2) is 5.78. The summed E-state index contributed by atoms with van der Waals surface area (Å²) < 4.78 is 27.3. The van der Waals surface area contributed by atoms with Gasteiger partial charge >= 0.3 is 0 Å². The van der Waals surface area contributed by atoms with E-state index in [0.29, 0.717) is 12.1 Å². The lowest BCUT2D eigenvalue weighted by Gasteiger charge is -2.14. The molecule has 0 saturated heterocycles. The molecule has 0 aliphatic carbocycles. The quantitative estimate of drug-likeness (QED) is 0.871. The number of hydrogen-bond donors (Lipinski definition) is 1. The van der Waals surface area contributed by atoms with Gasteiger partial charge in [-0.05, 0) is 37.3 Å². The summed E-state index contributed by atoms with van der Waals surface area (Å²) >= 11 is 7.29. The SMILES string of the molecule is CC(NCc1ccc(Cl)s1)c1cc(F)ccc1F. The Bertz CT molecular complexity index is 542. The van der Waals surface area contributed by atoms with Crippen LogP contribution in [0.25, 0.3) is 0 Å². The third kappa shape index (κ3) is 3.28. The highest BCUT2D eigenvalue weighted by Gasteiger charge is 2.11. The minimum atomic E-state index is -0.431. The van der Waals surface area contributed by atoms with E-state index in [1.165, 1.54) is 17.4 Å². The number of rotatable bonds is 4. The van der Waals surface area contributed by atoms with Crippen LogP contribution in [-0.2, 0) is 6.54 Å². The van der Waals surface area contributed by atoms with Crippen LogP contribution < -0.4 is 5.32 Å². The molecule has 2 rings (SSSR count). The fourth-order valence-electron chi connectivity index (χ4n) is 1.66. The van der Waals surface area contributed by atoms with Crippen LogP contribution in [-0.4, -0.2) is 0 Å². The second-order valence-electron chi connectivity index (χ2n) is 3.97. The predicted octanol–water partition coefficient (Wildman–Crippen LogP) is 4.53. The molecule has 1 atom stereocenters. The van der Waals surface area contributed by atoms with Gasteiger partial charge < -0.3 is 5.32 Å². The van der Waals surface area contributed by atoms with Crippen molar-refractivity contribution in [1.29, 1.82) is 0 Å². The number of benzene rings is 1.